The minimum Gasteiger partial charge on any atom is -0.350 e. The van der Waals surface area contributed by atoms with Gasteiger partial charge in [0.2, 0.25) is 21.8 Å². The number of nitrogens with zero attached hydrogens (tertiary/aromatic N) is 2. The molecule has 186 valence electrons. The molecule has 0 unspecified atom stereocenters. The predicted molar refractivity (Wildman–Crippen MR) is 138 cm³/mol. The Morgan fingerprint density at radius 3 is 2.09 bits per heavy atom. The second-order valence-corrected chi connectivity index (χ2v) is 12.0. The van der Waals surface area contributed by atoms with Crippen molar-refractivity contribution < 1.29 is 18.0 Å². The number of anilines is 1. The van der Waals surface area contributed by atoms with Gasteiger partial charge in [-0.15, -0.1) is 0 Å². The Labute approximate surface area is 216 Å². The number of benzene rings is 2. The molecule has 1 N–H and O–H groups in total. The topological polar surface area (TPSA) is 86.8 Å². The summed E-state index contributed by atoms with van der Waals surface area (Å²) in [7, 11) is -3.95. The lowest BCUT2D eigenvalue weighted by molar-refractivity contribution is -0.140. The maximum atomic E-state index is 13.5. The first-order chi connectivity index (χ1) is 15.6. The van der Waals surface area contributed by atoms with Gasteiger partial charge < -0.3 is 10.2 Å². The van der Waals surface area contributed by atoms with Crippen molar-refractivity contribution in [2.45, 2.75) is 45.8 Å². The van der Waals surface area contributed by atoms with Crippen LogP contribution in [0, 0.1) is 0 Å². The van der Waals surface area contributed by atoms with Crippen LogP contribution >= 0.6 is 34.8 Å². The predicted octanol–water partition coefficient (Wildman–Crippen LogP) is 4.74. The van der Waals surface area contributed by atoms with Gasteiger partial charge in [0.05, 0.1) is 27.0 Å². The van der Waals surface area contributed by atoms with Gasteiger partial charge in [-0.2, -0.15) is 0 Å². The molecule has 2 rings (SSSR count). The van der Waals surface area contributed by atoms with Crippen LogP contribution in [0.4, 0.5) is 5.69 Å². The molecule has 0 saturated heterocycles. The molecule has 0 aliphatic carbocycles. The van der Waals surface area contributed by atoms with Gasteiger partial charge in [-0.3, -0.25) is 13.9 Å². The molecule has 0 fully saturated rings. The zero-order chi connectivity index (χ0) is 25.8. The Morgan fingerprint density at radius 2 is 1.56 bits per heavy atom. The van der Waals surface area contributed by atoms with E-state index in [-0.39, 0.29) is 33.2 Å². The molecular formula is C23H28Cl3N3O4S. The van der Waals surface area contributed by atoms with E-state index in [0.717, 1.165) is 16.1 Å². The number of rotatable bonds is 8. The molecule has 7 nitrogen and oxygen atoms in total. The highest BCUT2D eigenvalue weighted by Crippen LogP contribution is 2.35. The number of hydrogen-bond acceptors (Lipinski definition) is 4. The third kappa shape index (κ3) is 7.77. The van der Waals surface area contributed by atoms with Crippen LogP contribution in [-0.2, 0) is 26.2 Å². The van der Waals surface area contributed by atoms with Crippen molar-refractivity contribution in [1.29, 1.82) is 0 Å². The van der Waals surface area contributed by atoms with Gasteiger partial charge >= 0.3 is 0 Å². The molecule has 0 aliphatic rings. The van der Waals surface area contributed by atoms with Crippen molar-refractivity contribution in [2.75, 3.05) is 17.1 Å². The zero-order valence-electron chi connectivity index (χ0n) is 19.6. The molecule has 11 heteroatoms. The van der Waals surface area contributed by atoms with Crippen molar-refractivity contribution >= 4 is 62.3 Å². The molecule has 2 aromatic rings. The highest BCUT2D eigenvalue weighted by Gasteiger charge is 2.32. The lowest BCUT2D eigenvalue weighted by atomic mass is 10.1. The van der Waals surface area contributed by atoms with Gasteiger partial charge in [0.15, 0.2) is 0 Å². The number of halogens is 3. The maximum absolute atomic E-state index is 13.5. The molecule has 0 bridgehead atoms. The van der Waals surface area contributed by atoms with Crippen LogP contribution < -0.4 is 9.62 Å². The van der Waals surface area contributed by atoms with Crippen LogP contribution in [0.15, 0.2) is 42.5 Å². The van der Waals surface area contributed by atoms with Gasteiger partial charge in [-0.25, -0.2) is 8.42 Å². The molecule has 0 radical (unpaired) electrons. The summed E-state index contributed by atoms with van der Waals surface area (Å²) < 4.78 is 26.1. The van der Waals surface area contributed by atoms with Crippen molar-refractivity contribution in [3.63, 3.8) is 0 Å². The lowest BCUT2D eigenvalue weighted by Crippen LogP contribution is -2.54. The first kappa shape index (κ1) is 28.2. The highest BCUT2D eigenvalue weighted by molar-refractivity contribution is 7.92. The number of sulfonamides is 1. The Kier molecular flexibility index (Phi) is 9.27. The Bertz CT molecular complexity index is 1150. The quantitative estimate of drug-likeness (QED) is 0.483. The van der Waals surface area contributed by atoms with Gasteiger partial charge in [0, 0.05) is 12.1 Å². The van der Waals surface area contributed by atoms with Crippen molar-refractivity contribution in [3.05, 3.63) is 63.1 Å². The van der Waals surface area contributed by atoms with Crippen LogP contribution in [0.25, 0.3) is 0 Å². The molecule has 0 aromatic heterocycles. The Morgan fingerprint density at radius 1 is 1.00 bits per heavy atom. The summed E-state index contributed by atoms with van der Waals surface area (Å²) in [4.78, 5) is 27.7. The fourth-order valence-electron chi connectivity index (χ4n) is 3.13. The summed E-state index contributed by atoms with van der Waals surface area (Å²) in [5.74, 6) is -0.955. The van der Waals surface area contributed by atoms with Crippen LogP contribution in [0.3, 0.4) is 0 Å². The van der Waals surface area contributed by atoms with E-state index in [0.29, 0.717) is 0 Å². The first-order valence-electron chi connectivity index (χ1n) is 10.4. The lowest BCUT2D eigenvalue weighted by Gasteiger charge is -2.33. The summed E-state index contributed by atoms with van der Waals surface area (Å²) in [5.41, 5.74) is 0.280. The first-order valence-corrected chi connectivity index (χ1v) is 13.4. The monoisotopic (exact) mass is 547 g/mol. The smallest absolute Gasteiger partial charge is 0.244 e. The van der Waals surface area contributed by atoms with E-state index in [2.05, 4.69) is 5.32 Å². The van der Waals surface area contributed by atoms with E-state index in [1.807, 2.05) is 51.1 Å². The molecule has 0 heterocycles. The number of hydrogen-bond donors (Lipinski definition) is 1. The second-order valence-electron chi connectivity index (χ2n) is 8.91. The van der Waals surface area contributed by atoms with E-state index >= 15 is 0 Å². The fourth-order valence-corrected chi connectivity index (χ4v) is 4.68. The van der Waals surface area contributed by atoms with Crippen LogP contribution in [-0.4, -0.2) is 49.5 Å². The average Bonchev–Trinajstić information content (AvgIpc) is 2.71. The van der Waals surface area contributed by atoms with Crippen LogP contribution in [0.2, 0.25) is 15.1 Å². The number of carbonyl (C=O) groups is 2. The van der Waals surface area contributed by atoms with E-state index < -0.39 is 34.1 Å². The number of amides is 2. The minimum absolute atomic E-state index is 0.0124. The van der Waals surface area contributed by atoms with Gasteiger partial charge in [-0.1, -0.05) is 65.1 Å². The van der Waals surface area contributed by atoms with Crippen molar-refractivity contribution in [1.82, 2.24) is 10.2 Å². The standard InChI is InChI=1S/C23H28Cl3N3O4S/c1-15(22(31)27-23(2,3)4)28(13-16-9-7-6-8-10-16)21(30)14-29(34(5,32)33)20-12-18(25)17(24)11-19(20)26/h6-12,15H,13-14H2,1-5H3,(H,27,31)/t15-/m0/s1. The van der Waals surface area contributed by atoms with Crippen molar-refractivity contribution in [2.24, 2.45) is 0 Å². The number of nitrogens with one attached hydrogen (secondary N) is 1. The molecule has 34 heavy (non-hydrogen) atoms. The minimum atomic E-state index is -3.95. The molecule has 2 amide bonds. The van der Waals surface area contributed by atoms with E-state index in [4.69, 9.17) is 34.8 Å². The molecule has 0 aliphatic heterocycles. The van der Waals surface area contributed by atoms with E-state index in [9.17, 15) is 18.0 Å². The molecule has 0 saturated carbocycles. The second kappa shape index (κ2) is 11.2. The van der Waals surface area contributed by atoms with Gasteiger partial charge in [0.1, 0.15) is 12.6 Å². The van der Waals surface area contributed by atoms with Crippen molar-refractivity contribution in [3.8, 4) is 0 Å². The third-order valence-electron chi connectivity index (χ3n) is 4.80. The largest absolute Gasteiger partial charge is 0.350 e. The van der Waals surface area contributed by atoms with Crippen LogP contribution in [0.5, 0.6) is 0 Å². The van der Waals surface area contributed by atoms with E-state index in [1.165, 1.54) is 17.0 Å². The normalized spacial score (nSPS) is 12.7. The summed E-state index contributed by atoms with van der Waals surface area (Å²) >= 11 is 18.3. The summed E-state index contributed by atoms with van der Waals surface area (Å²) in [6.45, 7) is 6.61. The number of carbonyl (C=O) groups excluding carboxylic acids is 2. The zero-order valence-corrected chi connectivity index (χ0v) is 22.7. The SMILES string of the molecule is C[C@@H](C(=O)NC(C)(C)C)N(Cc1ccccc1)C(=O)CN(c1cc(Cl)c(Cl)cc1Cl)S(C)(=O)=O. The summed E-state index contributed by atoms with van der Waals surface area (Å²) in [6.07, 6.45) is 0.955. The Balaban J connectivity index is 2.45. The average molecular weight is 549 g/mol. The van der Waals surface area contributed by atoms with Gasteiger partial charge in [0.25, 0.3) is 0 Å². The highest BCUT2D eigenvalue weighted by atomic mass is 35.5. The Hall–Kier alpha value is -2.00. The van der Waals surface area contributed by atoms with E-state index in [1.54, 1.807) is 6.92 Å². The third-order valence-corrected chi connectivity index (χ3v) is 6.95. The molecule has 0 spiro atoms. The van der Waals surface area contributed by atoms with Gasteiger partial charge in [-0.05, 0) is 45.4 Å². The summed E-state index contributed by atoms with van der Waals surface area (Å²) in [6, 6.07) is 10.8. The summed E-state index contributed by atoms with van der Waals surface area (Å²) in [5, 5.41) is 3.11. The fraction of sp³-hybridized carbons (Fsp3) is 0.391. The van der Waals surface area contributed by atoms with Crippen LogP contribution in [0.1, 0.15) is 33.3 Å². The molecular weight excluding hydrogens is 521 g/mol. The molecule has 2 aromatic carbocycles. The molecule has 1 atom stereocenters. The maximum Gasteiger partial charge on any atom is 0.244 e.